The largest absolute Gasteiger partial charge is 0.497 e. The van der Waals surface area contributed by atoms with Crippen LogP contribution < -0.4 is 19.3 Å². The van der Waals surface area contributed by atoms with Crippen molar-refractivity contribution in [2.24, 2.45) is 5.92 Å². The van der Waals surface area contributed by atoms with Gasteiger partial charge < -0.3 is 19.3 Å². The van der Waals surface area contributed by atoms with Crippen LogP contribution in [0.5, 0.6) is 11.5 Å². The molecule has 2 amide bonds. The molecule has 2 aliphatic rings. The van der Waals surface area contributed by atoms with E-state index < -0.39 is 9.84 Å². The van der Waals surface area contributed by atoms with E-state index in [-0.39, 0.29) is 34.8 Å². The fourth-order valence-electron chi connectivity index (χ4n) is 4.10. The first-order valence-electron chi connectivity index (χ1n) is 11.0. The number of methoxy groups -OCH3 is 2. The van der Waals surface area contributed by atoms with Gasteiger partial charge in [0.25, 0.3) is 0 Å². The summed E-state index contributed by atoms with van der Waals surface area (Å²) in [6.45, 7) is 0.563. The second-order valence-corrected chi connectivity index (χ2v) is 11.4. The van der Waals surface area contributed by atoms with E-state index in [0.29, 0.717) is 40.3 Å². The van der Waals surface area contributed by atoms with Crippen molar-refractivity contribution in [3.63, 3.8) is 0 Å². The number of anilines is 2. The molecule has 182 valence electrons. The Kier molecular flexibility index (Phi) is 6.91. The van der Waals surface area contributed by atoms with Gasteiger partial charge in [-0.15, -0.1) is 0 Å². The van der Waals surface area contributed by atoms with Gasteiger partial charge in [-0.25, -0.2) is 8.42 Å². The van der Waals surface area contributed by atoms with Gasteiger partial charge >= 0.3 is 0 Å². The molecule has 1 fully saturated rings. The fraction of sp³-hybridized carbons (Fsp3) is 0.417. The van der Waals surface area contributed by atoms with Gasteiger partial charge in [0.2, 0.25) is 11.8 Å². The topological polar surface area (TPSA) is 93.2 Å². The molecule has 0 spiro atoms. The quantitative estimate of drug-likeness (QED) is 0.498. The number of hydrogen-bond donors (Lipinski definition) is 0. The van der Waals surface area contributed by atoms with Crippen molar-refractivity contribution >= 4 is 49.0 Å². The van der Waals surface area contributed by atoms with E-state index in [2.05, 4.69) is 15.9 Å². The van der Waals surface area contributed by atoms with Crippen molar-refractivity contribution in [2.75, 3.05) is 43.4 Å². The summed E-state index contributed by atoms with van der Waals surface area (Å²) in [5.41, 5.74) is 2.12. The predicted octanol–water partition coefficient (Wildman–Crippen LogP) is 3.59. The van der Waals surface area contributed by atoms with Crippen molar-refractivity contribution < 1.29 is 27.5 Å². The summed E-state index contributed by atoms with van der Waals surface area (Å²) < 4.78 is 37.4. The van der Waals surface area contributed by atoms with Crippen LogP contribution >= 0.6 is 15.9 Å². The molecule has 4 rings (SSSR count). The number of carbonyl (C=O) groups is 2. The minimum absolute atomic E-state index is 0.0535. The lowest BCUT2D eigenvalue weighted by Gasteiger charge is -2.21. The SMILES string of the molecule is COc1ccc(N(C)C(=O)CCS(=O)(=O)c2cc3c(cc2Br)CCN3C(=O)C2CC2)c(OC)c1. The number of rotatable bonds is 8. The molecular formula is C24H27BrN2O6S. The number of amides is 2. The molecule has 1 heterocycles. The number of benzene rings is 2. The van der Waals surface area contributed by atoms with Crippen LogP contribution in [0.2, 0.25) is 0 Å². The van der Waals surface area contributed by atoms with Gasteiger partial charge in [0.1, 0.15) is 11.5 Å². The van der Waals surface area contributed by atoms with Gasteiger partial charge in [0.05, 0.1) is 30.6 Å². The monoisotopic (exact) mass is 550 g/mol. The minimum Gasteiger partial charge on any atom is -0.497 e. The highest BCUT2D eigenvalue weighted by molar-refractivity contribution is 9.10. The molecule has 0 atom stereocenters. The Balaban J connectivity index is 1.51. The first kappa shape index (κ1) is 24.5. The molecule has 1 saturated carbocycles. The lowest BCUT2D eigenvalue weighted by molar-refractivity contribution is -0.119. The van der Waals surface area contributed by atoms with E-state index in [1.807, 2.05) is 0 Å². The molecule has 2 aromatic rings. The smallest absolute Gasteiger partial charge is 0.230 e. The van der Waals surface area contributed by atoms with Gasteiger partial charge in [-0.1, -0.05) is 0 Å². The number of ether oxygens (including phenoxy) is 2. The standard InChI is InChI=1S/C24H27BrN2O6S/c1-26(19-7-6-17(32-2)13-21(19)33-3)23(28)9-11-34(30,31)22-14-20-16(12-18(22)25)8-10-27(20)24(29)15-4-5-15/h6-7,12-15H,4-5,8-11H2,1-3H3. The molecule has 1 aliphatic carbocycles. The Hall–Kier alpha value is -2.59. The minimum atomic E-state index is -3.79. The second kappa shape index (κ2) is 9.58. The summed E-state index contributed by atoms with van der Waals surface area (Å²) in [6.07, 6.45) is 2.27. The average Bonchev–Trinajstić information content (AvgIpc) is 3.60. The van der Waals surface area contributed by atoms with E-state index in [1.165, 1.54) is 19.1 Å². The Bertz CT molecular complexity index is 1240. The zero-order chi connectivity index (χ0) is 24.6. The summed E-state index contributed by atoms with van der Waals surface area (Å²) in [7, 11) is 0.812. The lowest BCUT2D eigenvalue weighted by Crippen LogP contribution is -2.30. The maximum atomic E-state index is 13.2. The summed E-state index contributed by atoms with van der Waals surface area (Å²) in [5.74, 6) is 0.421. The Morgan fingerprint density at radius 3 is 2.53 bits per heavy atom. The lowest BCUT2D eigenvalue weighted by atomic mass is 10.2. The number of halogens is 1. The van der Waals surface area contributed by atoms with Crippen LogP contribution in [-0.4, -0.2) is 53.8 Å². The number of nitrogens with zero attached hydrogens (tertiary/aromatic N) is 2. The first-order valence-corrected chi connectivity index (χ1v) is 13.5. The number of carbonyl (C=O) groups excluding carboxylic acids is 2. The maximum Gasteiger partial charge on any atom is 0.230 e. The van der Waals surface area contributed by atoms with E-state index in [1.54, 1.807) is 42.3 Å². The van der Waals surface area contributed by atoms with Crippen LogP contribution in [0, 0.1) is 5.92 Å². The molecule has 8 nitrogen and oxygen atoms in total. The van der Waals surface area contributed by atoms with E-state index in [9.17, 15) is 18.0 Å². The highest BCUT2D eigenvalue weighted by atomic mass is 79.9. The normalized spacial score (nSPS) is 15.1. The van der Waals surface area contributed by atoms with Crippen LogP contribution in [0.25, 0.3) is 0 Å². The average molecular weight is 551 g/mol. The zero-order valence-corrected chi connectivity index (χ0v) is 21.7. The van der Waals surface area contributed by atoms with Crippen LogP contribution in [0.4, 0.5) is 11.4 Å². The molecular weight excluding hydrogens is 524 g/mol. The van der Waals surface area contributed by atoms with Crippen LogP contribution in [-0.2, 0) is 25.8 Å². The van der Waals surface area contributed by atoms with Crippen LogP contribution in [0.3, 0.4) is 0 Å². The Morgan fingerprint density at radius 2 is 1.88 bits per heavy atom. The molecule has 34 heavy (non-hydrogen) atoms. The van der Waals surface area contributed by atoms with Crippen molar-refractivity contribution in [3.05, 3.63) is 40.4 Å². The molecule has 10 heteroatoms. The zero-order valence-electron chi connectivity index (χ0n) is 19.3. The number of fused-ring (bicyclic) bond motifs is 1. The summed E-state index contributed by atoms with van der Waals surface area (Å²) in [6, 6.07) is 8.40. The van der Waals surface area contributed by atoms with E-state index >= 15 is 0 Å². The van der Waals surface area contributed by atoms with E-state index in [4.69, 9.17) is 9.47 Å². The highest BCUT2D eigenvalue weighted by Gasteiger charge is 2.37. The molecule has 0 saturated heterocycles. The van der Waals surface area contributed by atoms with Crippen molar-refractivity contribution in [1.82, 2.24) is 0 Å². The van der Waals surface area contributed by atoms with Gasteiger partial charge in [0, 0.05) is 42.2 Å². The summed E-state index contributed by atoms with van der Waals surface area (Å²) in [4.78, 5) is 28.7. The van der Waals surface area contributed by atoms with Gasteiger partial charge in [-0.05, 0) is 65.0 Å². The van der Waals surface area contributed by atoms with Crippen molar-refractivity contribution in [1.29, 1.82) is 0 Å². The van der Waals surface area contributed by atoms with Gasteiger partial charge in [0.15, 0.2) is 9.84 Å². The van der Waals surface area contributed by atoms with Gasteiger partial charge in [-0.3, -0.25) is 9.59 Å². The Labute approximate surface area is 207 Å². The van der Waals surface area contributed by atoms with Crippen molar-refractivity contribution in [3.8, 4) is 11.5 Å². The third-order valence-corrected chi connectivity index (χ3v) is 8.93. The Morgan fingerprint density at radius 1 is 1.15 bits per heavy atom. The number of hydrogen-bond acceptors (Lipinski definition) is 6. The third-order valence-electron chi connectivity index (χ3n) is 6.26. The predicted molar refractivity (Wildman–Crippen MR) is 133 cm³/mol. The molecule has 2 aromatic carbocycles. The maximum absolute atomic E-state index is 13.2. The molecule has 0 N–H and O–H groups in total. The second-order valence-electron chi connectivity index (χ2n) is 8.48. The molecule has 0 unspecified atom stereocenters. The highest BCUT2D eigenvalue weighted by Crippen LogP contribution is 2.40. The van der Waals surface area contributed by atoms with Gasteiger partial charge in [-0.2, -0.15) is 0 Å². The molecule has 1 aliphatic heterocycles. The van der Waals surface area contributed by atoms with Crippen molar-refractivity contribution in [2.45, 2.75) is 30.6 Å². The van der Waals surface area contributed by atoms with E-state index in [0.717, 1.165) is 18.4 Å². The first-order chi connectivity index (χ1) is 16.2. The van der Waals surface area contributed by atoms with Crippen LogP contribution in [0.15, 0.2) is 39.7 Å². The molecule has 0 radical (unpaired) electrons. The third kappa shape index (κ3) is 4.79. The van der Waals surface area contributed by atoms with Crippen LogP contribution in [0.1, 0.15) is 24.8 Å². The number of sulfone groups is 1. The summed E-state index contributed by atoms with van der Waals surface area (Å²) in [5, 5.41) is 0. The molecule has 0 aromatic heterocycles. The molecule has 0 bridgehead atoms. The fourth-order valence-corrected chi connectivity index (χ4v) is 6.54. The summed E-state index contributed by atoms with van der Waals surface area (Å²) >= 11 is 3.38.